The Kier molecular flexibility index (Phi) is 4.87. The van der Waals surface area contributed by atoms with Crippen LogP contribution >= 0.6 is 0 Å². The molecule has 5 rings (SSSR count). The predicted octanol–water partition coefficient (Wildman–Crippen LogP) is 4.09. The third-order valence-corrected chi connectivity index (χ3v) is 5.99. The molecule has 0 saturated carbocycles. The molecular weight excluding hydrogens is 350 g/mol. The standard InChI is InChI=1S/C22H25N5O/c1-3-7-15(8-4-1)19-17-9-5-2-6-10-18(17)23-21(16-11-13-28-14-12-16)20(19)22-24-26-27-25-22/h1,3-4,7-8,16H,2,5-6,9-14H2,(H,24,25,26,27). The maximum Gasteiger partial charge on any atom is 0.207 e. The van der Waals surface area contributed by atoms with Crippen molar-refractivity contribution in [2.75, 3.05) is 13.2 Å². The van der Waals surface area contributed by atoms with Crippen molar-refractivity contribution in [3.05, 3.63) is 47.3 Å². The second kappa shape index (κ2) is 7.80. The molecule has 2 aliphatic rings. The first-order valence-corrected chi connectivity index (χ1v) is 10.3. The molecule has 6 nitrogen and oxygen atoms in total. The lowest BCUT2D eigenvalue weighted by atomic mass is 9.84. The average Bonchev–Trinajstić information content (AvgIpc) is 3.19. The van der Waals surface area contributed by atoms with Crippen molar-refractivity contribution in [2.45, 2.75) is 50.9 Å². The molecular formula is C22H25N5O. The number of H-pyrrole nitrogens is 1. The predicted molar refractivity (Wildman–Crippen MR) is 107 cm³/mol. The van der Waals surface area contributed by atoms with E-state index in [9.17, 15) is 0 Å². The van der Waals surface area contributed by atoms with E-state index in [1.165, 1.54) is 41.6 Å². The van der Waals surface area contributed by atoms with Gasteiger partial charge in [-0.15, -0.1) is 10.2 Å². The van der Waals surface area contributed by atoms with Gasteiger partial charge in [-0.3, -0.25) is 4.98 Å². The summed E-state index contributed by atoms with van der Waals surface area (Å²) in [6.07, 6.45) is 7.77. The lowest BCUT2D eigenvalue weighted by Crippen LogP contribution is -2.18. The number of nitrogens with zero attached hydrogens (tertiary/aromatic N) is 4. The van der Waals surface area contributed by atoms with Gasteiger partial charge >= 0.3 is 0 Å². The normalized spacial score (nSPS) is 17.9. The fourth-order valence-corrected chi connectivity index (χ4v) is 4.62. The van der Waals surface area contributed by atoms with Crippen molar-refractivity contribution in [3.8, 4) is 22.5 Å². The highest BCUT2D eigenvalue weighted by Gasteiger charge is 2.29. The van der Waals surface area contributed by atoms with Crippen molar-refractivity contribution in [1.82, 2.24) is 25.6 Å². The van der Waals surface area contributed by atoms with E-state index >= 15 is 0 Å². The SMILES string of the molecule is c1ccc(-c2c3c(nc(C4CCOCC4)c2-c2nn[nH]n2)CCCCC3)cc1. The number of aromatic amines is 1. The molecule has 1 fully saturated rings. The van der Waals surface area contributed by atoms with Crippen molar-refractivity contribution in [3.63, 3.8) is 0 Å². The molecule has 0 atom stereocenters. The van der Waals surface area contributed by atoms with E-state index in [4.69, 9.17) is 9.72 Å². The van der Waals surface area contributed by atoms with Crippen LogP contribution in [0.2, 0.25) is 0 Å². The molecule has 3 aromatic rings. The van der Waals surface area contributed by atoms with E-state index in [1.807, 2.05) is 0 Å². The topological polar surface area (TPSA) is 76.6 Å². The maximum absolute atomic E-state index is 5.62. The van der Waals surface area contributed by atoms with Crippen LogP contribution in [0.1, 0.15) is 55.0 Å². The maximum atomic E-state index is 5.62. The van der Waals surface area contributed by atoms with Gasteiger partial charge in [0.05, 0.1) is 11.3 Å². The third kappa shape index (κ3) is 3.22. The monoisotopic (exact) mass is 375 g/mol. The van der Waals surface area contributed by atoms with Crippen LogP contribution in [0.15, 0.2) is 30.3 Å². The van der Waals surface area contributed by atoms with E-state index in [0.717, 1.165) is 50.2 Å². The van der Waals surface area contributed by atoms with Crippen molar-refractivity contribution >= 4 is 0 Å². The quantitative estimate of drug-likeness (QED) is 0.698. The van der Waals surface area contributed by atoms with Gasteiger partial charge in [-0.05, 0) is 60.4 Å². The fraction of sp³-hybridized carbons (Fsp3) is 0.455. The van der Waals surface area contributed by atoms with Gasteiger partial charge in [0.2, 0.25) is 5.82 Å². The van der Waals surface area contributed by atoms with Gasteiger partial charge in [-0.25, -0.2) is 0 Å². The van der Waals surface area contributed by atoms with E-state index in [1.54, 1.807) is 0 Å². The van der Waals surface area contributed by atoms with E-state index in [-0.39, 0.29) is 0 Å². The second-order valence-electron chi connectivity index (χ2n) is 7.72. The van der Waals surface area contributed by atoms with Crippen molar-refractivity contribution in [1.29, 1.82) is 0 Å². The number of aromatic nitrogens is 5. The molecule has 1 aliphatic carbocycles. The highest BCUT2D eigenvalue weighted by molar-refractivity contribution is 5.85. The van der Waals surface area contributed by atoms with Gasteiger partial charge in [0.15, 0.2) is 0 Å². The van der Waals surface area contributed by atoms with E-state index in [0.29, 0.717) is 11.7 Å². The number of hydrogen-bond acceptors (Lipinski definition) is 5. The lowest BCUT2D eigenvalue weighted by Gasteiger charge is -2.26. The van der Waals surface area contributed by atoms with Gasteiger partial charge < -0.3 is 4.74 Å². The number of fused-ring (bicyclic) bond motifs is 1. The molecule has 1 aliphatic heterocycles. The van der Waals surface area contributed by atoms with E-state index < -0.39 is 0 Å². The zero-order valence-electron chi connectivity index (χ0n) is 16.0. The molecule has 0 unspecified atom stereocenters. The molecule has 1 aromatic carbocycles. The number of ether oxygens (including phenoxy) is 1. The molecule has 0 amide bonds. The van der Waals surface area contributed by atoms with Crippen molar-refractivity contribution < 1.29 is 4.74 Å². The van der Waals surface area contributed by atoms with Gasteiger partial charge in [-0.2, -0.15) is 5.21 Å². The Hall–Kier alpha value is -2.60. The molecule has 1 saturated heterocycles. The summed E-state index contributed by atoms with van der Waals surface area (Å²) in [6, 6.07) is 10.7. The summed E-state index contributed by atoms with van der Waals surface area (Å²) in [6.45, 7) is 1.57. The first-order valence-electron chi connectivity index (χ1n) is 10.3. The minimum atomic E-state index is 0.373. The van der Waals surface area contributed by atoms with Gasteiger partial charge in [-0.1, -0.05) is 36.8 Å². The summed E-state index contributed by atoms with van der Waals surface area (Å²) >= 11 is 0. The van der Waals surface area contributed by atoms with Gasteiger partial charge in [0, 0.05) is 24.8 Å². The number of aryl methyl sites for hydroxylation is 1. The summed E-state index contributed by atoms with van der Waals surface area (Å²) in [7, 11) is 0. The van der Waals surface area contributed by atoms with Crippen LogP contribution in [0, 0.1) is 0 Å². The third-order valence-electron chi connectivity index (χ3n) is 5.99. The van der Waals surface area contributed by atoms with E-state index in [2.05, 4.69) is 51.0 Å². The molecule has 0 bridgehead atoms. The Morgan fingerprint density at radius 3 is 2.54 bits per heavy atom. The zero-order valence-corrected chi connectivity index (χ0v) is 16.0. The molecule has 28 heavy (non-hydrogen) atoms. The Bertz CT molecular complexity index is 933. The smallest absolute Gasteiger partial charge is 0.207 e. The zero-order chi connectivity index (χ0) is 18.8. The molecule has 6 heteroatoms. The summed E-state index contributed by atoms with van der Waals surface area (Å²) in [5.74, 6) is 1.03. The Balaban J connectivity index is 1.80. The lowest BCUT2D eigenvalue weighted by molar-refractivity contribution is 0.0846. The molecule has 1 N–H and O–H groups in total. The molecule has 0 radical (unpaired) electrons. The number of rotatable bonds is 3. The summed E-state index contributed by atoms with van der Waals surface area (Å²) in [5.41, 5.74) is 7.31. The minimum absolute atomic E-state index is 0.373. The first-order chi connectivity index (χ1) is 13.9. The Morgan fingerprint density at radius 1 is 0.929 bits per heavy atom. The van der Waals surface area contributed by atoms with Crippen LogP contribution in [-0.4, -0.2) is 38.8 Å². The summed E-state index contributed by atoms with van der Waals surface area (Å²) in [5, 5.41) is 15.3. The summed E-state index contributed by atoms with van der Waals surface area (Å²) < 4.78 is 5.62. The van der Waals surface area contributed by atoms with Crippen LogP contribution in [0.4, 0.5) is 0 Å². The van der Waals surface area contributed by atoms with Crippen LogP contribution in [0.3, 0.4) is 0 Å². The largest absolute Gasteiger partial charge is 0.381 e. The van der Waals surface area contributed by atoms with Crippen molar-refractivity contribution in [2.24, 2.45) is 0 Å². The second-order valence-corrected chi connectivity index (χ2v) is 7.72. The average molecular weight is 375 g/mol. The fourth-order valence-electron chi connectivity index (χ4n) is 4.62. The minimum Gasteiger partial charge on any atom is -0.381 e. The Labute approximate surface area is 164 Å². The number of benzene rings is 1. The van der Waals surface area contributed by atoms with Gasteiger partial charge in [0.25, 0.3) is 0 Å². The number of hydrogen-bond donors (Lipinski definition) is 1. The van der Waals surface area contributed by atoms with Crippen LogP contribution in [-0.2, 0) is 17.6 Å². The van der Waals surface area contributed by atoms with Crippen LogP contribution < -0.4 is 0 Å². The number of nitrogens with one attached hydrogen (secondary N) is 1. The van der Waals surface area contributed by atoms with Crippen LogP contribution in [0.25, 0.3) is 22.5 Å². The molecule has 3 heterocycles. The first kappa shape index (κ1) is 17.5. The van der Waals surface area contributed by atoms with Crippen LogP contribution in [0.5, 0.6) is 0 Å². The molecule has 2 aromatic heterocycles. The highest BCUT2D eigenvalue weighted by atomic mass is 16.5. The highest BCUT2D eigenvalue weighted by Crippen LogP contribution is 2.42. The number of pyridine rings is 1. The van der Waals surface area contributed by atoms with Gasteiger partial charge in [0.1, 0.15) is 0 Å². The summed E-state index contributed by atoms with van der Waals surface area (Å²) in [4.78, 5) is 5.26. The Morgan fingerprint density at radius 2 is 1.75 bits per heavy atom. The number of tetrazole rings is 1. The molecule has 0 spiro atoms. The molecule has 144 valence electrons.